The first-order valence-electron chi connectivity index (χ1n) is 8.98. The van der Waals surface area contributed by atoms with E-state index in [2.05, 4.69) is 0 Å². The number of carbonyl (C=O) groups is 2. The maximum Gasteiger partial charge on any atom is 0.289 e. The van der Waals surface area contributed by atoms with Gasteiger partial charge in [0.15, 0.2) is 5.76 Å². The van der Waals surface area contributed by atoms with Gasteiger partial charge >= 0.3 is 0 Å². The fourth-order valence-corrected chi connectivity index (χ4v) is 3.30. The summed E-state index contributed by atoms with van der Waals surface area (Å²) in [6.07, 6.45) is 7.30. The van der Waals surface area contributed by atoms with E-state index in [1.54, 1.807) is 34.3 Å². The van der Waals surface area contributed by atoms with E-state index in [1.165, 1.54) is 6.26 Å². The van der Waals surface area contributed by atoms with Gasteiger partial charge in [-0.25, -0.2) is 0 Å². The third kappa shape index (κ3) is 3.65. The highest BCUT2D eigenvalue weighted by Gasteiger charge is 2.25. The SMILES string of the molecule is O=C(C1=Cc2ccccc2OC=C1)N1CCCN(C(=O)c2ccco2)CC1. The van der Waals surface area contributed by atoms with Crippen LogP contribution in [0.25, 0.3) is 6.08 Å². The molecule has 0 bridgehead atoms. The molecule has 27 heavy (non-hydrogen) atoms. The molecule has 2 amide bonds. The number of nitrogens with zero attached hydrogens (tertiary/aromatic N) is 2. The van der Waals surface area contributed by atoms with Crippen molar-refractivity contribution in [1.82, 2.24) is 9.80 Å². The number of hydrogen-bond donors (Lipinski definition) is 0. The van der Waals surface area contributed by atoms with Crippen LogP contribution in [0.5, 0.6) is 5.75 Å². The highest BCUT2D eigenvalue weighted by Crippen LogP contribution is 2.25. The molecule has 2 aromatic rings. The van der Waals surface area contributed by atoms with Crippen molar-refractivity contribution < 1.29 is 18.7 Å². The molecule has 2 aliphatic rings. The summed E-state index contributed by atoms with van der Waals surface area (Å²) < 4.78 is 10.8. The first-order valence-corrected chi connectivity index (χ1v) is 8.98. The lowest BCUT2D eigenvalue weighted by molar-refractivity contribution is -0.126. The van der Waals surface area contributed by atoms with Crippen molar-refractivity contribution in [3.05, 3.63) is 71.9 Å². The normalized spacial score (nSPS) is 16.7. The number of para-hydroxylation sites is 1. The van der Waals surface area contributed by atoms with Gasteiger partial charge < -0.3 is 19.0 Å². The van der Waals surface area contributed by atoms with Gasteiger partial charge in [0.1, 0.15) is 5.75 Å². The molecule has 0 atom stereocenters. The maximum absolute atomic E-state index is 13.0. The Bertz CT molecular complexity index is 899. The van der Waals surface area contributed by atoms with Crippen LogP contribution in [-0.2, 0) is 4.79 Å². The number of furan rings is 1. The minimum atomic E-state index is -0.134. The van der Waals surface area contributed by atoms with Crippen LogP contribution in [0.2, 0.25) is 0 Å². The summed E-state index contributed by atoms with van der Waals surface area (Å²) in [5, 5.41) is 0. The van der Waals surface area contributed by atoms with Crippen LogP contribution in [0.4, 0.5) is 0 Å². The molecule has 2 aliphatic heterocycles. The molecule has 1 aromatic carbocycles. The number of carbonyl (C=O) groups excluding carboxylic acids is 2. The lowest BCUT2D eigenvalue weighted by atomic mass is 10.1. The van der Waals surface area contributed by atoms with Crippen molar-refractivity contribution in [2.45, 2.75) is 6.42 Å². The Morgan fingerprint density at radius 3 is 2.44 bits per heavy atom. The fourth-order valence-electron chi connectivity index (χ4n) is 3.30. The lowest BCUT2D eigenvalue weighted by Gasteiger charge is -2.22. The van der Waals surface area contributed by atoms with Gasteiger partial charge in [-0.1, -0.05) is 18.2 Å². The second-order valence-corrected chi connectivity index (χ2v) is 6.47. The van der Waals surface area contributed by atoms with Crippen LogP contribution >= 0.6 is 0 Å². The Labute approximate surface area is 157 Å². The molecule has 0 N–H and O–H groups in total. The summed E-state index contributed by atoms with van der Waals surface area (Å²) in [6, 6.07) is 11.0. The summed E-state index contributed by atoms with van der Waals surface area (Å²) >= 11 is 0. The minimum Gasteiger partial charge on any atom is -0.464 e. The van der Waals surface area contributed by atoms with Gasteiger partial charge in [0, 0.05) is 37.3 Å². The van der Waals surface area contributed by atoms with Gasteiger partial charge in [-0.2, -0.15) is 0 Å². The largest absolute Gasteiger partial charge is 0.464 e. The Kier molecular flexibility index (Phi) is 4.78. The van der Waals surface area contributed by atoms with E-state index in [1.807, 2.05) is 30.3 Å². The van der Waals surface area contributed by atoms with Crippen LogP contribution in [0, 0.1) is 0 Å². The number of amides is 2. The number of hydrogen-bond acceptors (Lipinski definition) is 4. The highest BCUT2D eigenvalue weighted by atomic mass is 16.5. The molecule has 0 radical (unpaired) electrons. The molecule has 0 unspecified atom stereocenters. The zero-order valence-corrected chi connectivity index (χ0v) is 14.8. The zero-order valence-electron chi connectivity index (χ0n) is 14.8. The lowest BCUT2D eigenvalue weighted by Crippen LogP contribution is -2.37. The third-order valence-corrected chi connectivity index (χ3v) is 4.72. The first-order chi connectivity index (χ1) is 13.2. The second kappa shape index (κ2) is 7.53. The predicted molar refractivity (Wildman–Crippen MR) is 100.0 cm³/mol. The molecule has 1 saturated heterocycles. The fraction of sp³-hybridized carbons (Fsp3) is 0.238. The van der Waals surface area contributed by atoms with E-state index in [4.69, 9.17) is 9.15 Å². The molecule has 138 valence electrons. The minimum absolute atomic E-state index is 0.0566. The van der Waals surface area contributed by atoms with Crippen molar-refractivity contribution in [3.63, 3.8) is 0 Å². The van der Waals surface area contributed by atoms with Gasteiger partial charge in [-0.3, -0.25) is 9.59 Å². The molecule has 6 nitrogen and oxygen atoms in total. The summed E-state index contributed by atoms with van der Waals surface area (Å²) in [4.78, 5) is 29.0. The highest BCUT2D eigenvalue weighted by molar-refractivity contribution is 6.01. The maximum atomic E-state index is 13.0. The smallest absolute Gasteiger partial charge is 0.289 e. The van der Waals surface area contributed by atoms with Crippen molar-refractivity contribution >= 4 is 17.9 Å². The van der Waals surface area contributed by atoms with Crippen molar-refractivity contribution in [1.29, 1.82) is 0 Å². The average Bonchev–Trinajstić information content (AvgIpc) is 2.99. The Morgan fingerprint density at radius 2 is 1.67 bits per heavy atom. The molecule has 6 heteroatoms. The Morgan fingerprint density at radius 1 is 0.889 bits per heavy atom. The summed E-state index contributed by atoms with van der Waals surface area (Å²) in [5.41, 5.74) is 1.45. The van der Waals surface area contributed by atoms with Gasteiger partial charge in [-0.15, -0.1) is 0 Å². The zero-order chi connectivity index (χ0) is 18.6. The molecular weight excluding hydrogens is 344 g/mol. The molecular formula is C21H20N2O4. The van der Waals surface area contributed by atoms with Gasteiger partial charge in [-0.05, 0) is 36.8 Å². The quantitative estimate of drug-likeness (QED) is 0.822. The molecule has 0 saturated carbocycles. The van der Waals surface area contributed by atoms with Crippen molar-refractivity contribution in [2.24, 2.45) is 0 Å². The van der Waals surface area contributed by atoms with E-state index in [0.717, 1.165) is 17.7 Å². The summed E-state index contributed by atoms with van der Waals surface area (Å²) in [5.74, 6) is 0.865. The van der Waals surface area contributed by atoms with Crippen LogP contribution in [0.3, 0.4) is 0 Å². The third-order valence-electron chi connectivity index (χ3n) is 4.72. The van der Waals surface area contributed by atoms with Crippen LogP contribution in [0.15, 0.2) is 65.0 Å². The predicted octanol–water partition coefficient (Wildman–Crippen LogP) is 2.94. The standard InChI is InChI=1S/C21H20N2O4/c24-20(17-8-14-27-18-6-2-1-5-16(18)15-17)22-9-4-10-23(12-11-22)21(25)19-7-3-13-26-19/h1-3,5-8,13-15H,4,9-12H2. The van der Waals surface area contributed by atoms with Gasteiger partial charge in [0.25, 0.3) is 11.8 Å². The van der Waals surface area contributed by atoms with Gasteiger partial charge in [0.2, 0.25) is 0 Å². The van der Waals surface area contributed by atoms with Crippen LogP contribution in [-0.4, -0.2) is 47.8 Å². The Hall–Kier alpha value is -3.28. The second-order valence-electron chi connectivity index (χ2n) is 6.47. The number of ether oxygens (including phenoxy) is 1. The summed E-state index contributed by atoms with van der Waals surface area (Å²) in [6.45, 7) is 2.17. The van der Waals surface area contributed by atoms with E-state index < -0.39 is 0 Å². The first kappa shape index (κ1) is 17.1. The molecule has 0 aliphatic carbocycles. The van der Waals surface area contributed by atoms with E-state index >= 15 is 0 Å². The molecule has 1 aromatic heterocycles. The van der Waals surface area contributed by atoms with Crippen molar-refractivity contribution in [3.8, 4) is 5.75 Å². The number of rotatable bonds is 2. The molecule has 3 heterocycles. The van der Waals surface area contributed by atoms with Crippen molar-refractivity contribution in [2.75, 3.05) is 26.2 Å². The van der Waals surface area contributed by atoms with Crippen LogP contribution < -0.4 is 4.74 Å². The average molecular weight is 364 g/mol. The van der Waals surface area contributed by atoms with E-state index in [9.17, 15) is 9.59 Å². The van der Waals surface area contributed by atoms with Gasteiger partial charge in [0.05, 0.1) is 12.5 Å². The molecule has 0 spiro atoms. The molecule has 1 fully saturated rings. The van der Waals surface area contributed by atoms with E-state index in [-0.39, 0.29) is 11.8 Å². The Balaban J connectivity index is 1.47. The van der Waals surface area contributed by atoms with E-state index in [0.29, 0.717) is 37.5 Å². The topological polar surface area (TPSA) is 63.0 Å². The monoisotopic (exact) mass is 364 g/mol. The number of benzene rings is 1. The van der Waals surface area contributed by atoms with Crippen LogP contribution in [0.1, 0.15) is 22.5 Å². The molecule has 4 rings (SSSR count). The number of fused-ring (bicyclic) bond motifs is 1. The summed E-state index contributed by atoms with van der Waals surface area (Å²) in [7, 11) is 0.